The van der Waals surface area contributed by atoms with Gasteiger partial charge in [-0.2, -0.15) is 4.31 Å². The number of nitrogens with one attached hydrogen (secondary N) is 1. The van der Waals surface area contributed by atoms with E-state index in [0.29, 0.717) is 49.2 Å². The summed E-state index contributed by atoms with van der Waals surface area (Å²) >= 11 is 0. The number of hydrogen-bond acceptors (Lipinski definition) is 6. The second-order valence-electron chi connectivity index (χ2n) is 8.36. The Kier molecular flexibility index (Phi) is 5.71. The summed E-state index contributed by atoms with van der Waals surface area (Å²) in [5, 5.41) is 2.78. The molecule has 0 aromatic heterocycles. The average molecular weight is 472 g/mol. The largest absolute Gasteiger partial charge is 0.486 e. The third kappa shape index (κ3) is 4.28. The van der Waals surface area contributed by atoms with Crippen molar-refractivity contribution < 1.29 is 27.5 Å². The van der Waals surface area contributed by atoms with Crippen LogP contribution in [0, 0.1) is 5.92 Å². The van der Waals surface area contributed by atoms with E-state index in [2.05, 4.69) is 5.32 Å². The predicted molar refractivity (Wildman–Crippen MR) is 121 cm³/mol. The van der Waals surface area contributed by atoms with Crippen LogP contribution in [-0.2, 0) is 19.6 Å². The molecular weight excluding hydrogens is 446 g/mol. The van der Waals surface area contributed by atoms with Gasteiger partial charge in [0.2, 0.25) is 21.8 Å². The molecule has 1 unspecified atom stereocenters. The van der Waals surface area contributed by atoms with Crippen LogP contribution >= 0.6 is 0 Å². The Bertz CT molecular complexity index is 1190. The number of sulfonamides is 1. The van der Waals surface area contributed by atoms with Crippen molar-refractivity contribution in [2.75, 3.05) is 43.1 Å². The molecule has 9 nitrogen and oxygen atoms in total. The van der Waals surface area contributed by atoms with Crippen molar-refractivity contribution in [3.05, 3.63) is 42.5 Å². The molecular formula is C23H25N3O6S. The lowest BCUT2D eigenvalue weighted by atomic mass is 10.1. The van der Waals surface area contributed by atoms with E-state index in [1.807, 2.05) is 0 Å². The van der Waals surface area contributed by atoms with Crippen molar-refractivity contribution in [2.24, 2.45) is 5.92 Å². The summed E-state index contributed by atoms with van der Waals surface area (Å²) in [5.74, 6) is 0.186. The zero-order chi connectivity index (χ0) is 23.0. The molecule has 2 aromatic rings. The van der Waals surface area contributed by atoms with Crippen LogP contribution < -0.4 is 19.7 Å². The summed E-state index contributed by atoms with van der Waals surface area (Å²) in [7, 11) is -3.58. The quantitative estimate of drug-likeness (QED) is 0.717. The third-order valence-electron chi connectivity index (χ3n) is 6.14. The fraction of sp³-hybridized carbons (Fsp3) is 0.391. The molecule has 33 heavy (non-hydrogen) atoms. The van der Waals surface area contributed by atoms with Gasteiger partial charge >= 0.3 is 0 Å². The van der Waals surface area contributed by atoms with Gasteiger partial charge < -0.3 is 19.7 Å². The maximum atomic E-state index is 12.9. The zero-order valence-electron chi connectivity index (χ0n) is 18.0. The molecule has 0 spiro atoms. The standard InChI is InChI=1S/C23H25N3O6S/c27-22-12-16(15-26(22)18-6-7-20-21(14-18)32-11-10-31-20)23(28)24-17-4-3-5-19(13-17)33(29,30)25-8-1-2-9-25/h3-7,13-14,16H,1-2,8-12,15H2,(H,24,28). The Balaban J connectivity index is 1.28. The normalized spacial score (nSPS) is 20.8. The maximum absolute atomic E-state index is 12.9. The van der Waals surface area contributed by atoms with E-state index in [4.69, 9.17) is 9.47 Å². The summed E-state index contributed by atoms with van der Waals surface area (Å²) in [6, 6.07) is 11.6. The number of amides is 2. The van der Waals surface area contributed by atoms with E-state index in [-0.39, 0.29) is 29.7 Å². The van der Waals surface area contributed by atoms with E-state index in [1.54, 1.807) is 35.2 Å². The highest BCUT2D eigenvalue weighted by Crippen LogP contribution is 2.36. The highest BCUT2D eigenvalue weighted by Gasteiger charge is 2.36. The number of rotatable bonds is 5. The molecule has 174 valence electrons. The maximum Gasteiger partial charge on any atom is 0.243 e. The molecule has 2 saturated heterocycles. The van der Waals surface area contributed by atoms with Crippen LogP contribution in [0.5, 0.6) is 11.5 Å². The Morgan fingerprint density at radius 2 is 1.76 bits per heavy atom. The van der Waals surface area contributed by atoms with Gasteiger partial charge in [-0.1, -0.05) is 6.07 Å². The lowest BCUT2D eigenvalue weighted by Crippen LogP contribution is -2.29. The smallest absolute Gasteiger partial charge is 0.243 e. The first-order valence-electron chi connectivity index (χ1n) is 11.0. The van der Waals surface area contributed by atoms with Crippen LogP contribution in [0.2, 0.25) is 0 Å². The fourth-order valence-corrected chi connectivity index (χ4v) is 5.95. The minimum atomic E-state index is -3.58. The zero-order valence-corrected chi connectivity index (χ0v) is 18.8. The summed E-state index contributed by atoms with van der Waals surface area (Å²) in [6.07, 6.45) is 1.78. The van der Waals surface area contributed by atoms with Gasteiger partial charge in [0.05, 0.1) is 10.8 Å². The van der Waals surface area contributed by atoms with Crippen molar-refractivity contribution in [1.82, 2.24) is 4.31 Å². The molecule has 2 aromatic carbocycles. The van der Waals surface area contributed by atoms with E-state index in [9.17, 15) is 18.0 Å². The highest BCUT2D eigenvalue weighted by molar-refractivity contribution is 7.89. The van der Waals surface area contributed by atoms with Gasteiger partial charge in [-0.25, -0.2) is 8.42 Å². The summed E-state index contributed by atoms with van der Waals surface area (Å²) < 4.78 is 38.2. The second kappa shape index (κ2) is 8.68. The molecule has 3 aliphatic rings. The van der Waals surface area contributed by atoms with Crippen molar-refractivity contribution in [3.63, 3.8) is 0 Å². The molecule has 0 aliphatic carbocycles. The van der Waals surface area contributed by atoms with Gasteiger partial charge in [-0.15, -0.1) is 0 Å². The fourth-order valence-electron chi connectivity index (χ4n) is 4.39. The number of carbonyl (C=O) groups excluding carboxylic acids is 2. The second-order valence-corrected chi connectivity index (χ2v) is 10.3. The Morgan fingerprint density at radius 3 is 2.55 bits per heavy atom. The lowest BCUT2D eigenvalue weighted by molar-refractivity contribution is -0.122. The molecule has 1 N–H and O–H groups in total. The highest BCUT2D eigenvalue weighted by atomic mass is 32.2. The third-order valence-corrected chi connectivity index (χ3v) is 8.03. The molecule has 3 aliphatic heterocycles. The monoisotopic (exact) mass is 471 g/mol. The van der Waals surface area contributed by atoms with Crippen LogP contribution in [0.3, 0.4) is 0 Å². The number of fused-ring (bicyclic) bond motifs is 1. The van der Waals surface area contributed by atoms with Crippen LogP contribution in [0.4, 0.5) is 11.4 Å². The predicted octanol–water partition coefficient (Wildman–Crippen LogP) is 2.23. The molecule has 0 bridgehead atoms. The Hall–Kier alpha value is -3.11. The van der Waals surface area contributed by atoms with E-state index < -0.39 is 15.9 Å². The average Bonchev–Trinajstić information content (AvgIpc) is 3.50. The van der Waals surface area contributed by atoms with Crippen molar-refractivity contribution >= 4 is 33.2 Å². The van der Waals surface area contributed by atoms with E-state index in [0.717, 1.165) is 12.8 Å². The van der Waals surface area contributed by atoms with Crippen molar-refractivity contribution in [2.45, 2.75) is 24.2 Å². The Labute approximate surface area is 192 Å². The summed E-state index contributed by atoms with van der Waals surface area (Å²) in [5.41, 5.74) is 1.05. The minimum absolute atomic E-state index is 0.0754. The summed E-state index contributed by atoms with van der Waals surface area (Å²) in [4.78, 5) is 27.2. The van der Waals surface area contributed by atoms with Crippen LogP contribution in [0.25, 0.3) is 0 Å². The first-order chi connectivity index (χ1) is 15.9. The van der Waals surface area contributed by atoms with Gasteiger partial charge in [0.25, 0.3) is 0 Å². The molecule has 2 amide bonds. The minimum Gasteiger partial charge on any atom is -0.486 e. The number of anilines is 2. The number of ether oxygens (including phenoxy) is 2. The SMILES string of the molecule is O=C(Nc1cccc(S(=O)(=O)N2CCCC2)c1)C1CC(=O)N(c2ccc3c(c2)OCCO3)C1. The van der Waals surface area contributed by atoms with E-state index in [1.165, 1.54) is 16.4 Å². The lowest BCUT2D eigenvalue weighted by Gasteiger charge is -2.22. The molecule has 5 rings (SSSR count). The van der Waals surface area contributed by atoms with Crippen molar-refractivity contribution in [3.8, 4) is 11.5 Å². The molecule has 10 heteroatoms. The van der Waals surface area contributed by atoms with Gasteiger partial charge in [0.1, 0.15) is 13.2 Å². The molecule has 2 fully saturated rings. The number of carbonyl (C=O) groups is 2. The van der Waals surface area contributed by atoms with Crippen molar-refractivity contribution in [1.29, 1.82) is 0 Å². The van der Waals surface area contributed by atoms with Crippen LogP contribution in [0.15, 0.2) is 47.4 Å². The van der Waals surface area contributed by atoms with Crippen LogP contribution in [-0.4, -0.2) is 57.4 Å². The first-order valence-corrected chi connectivity index (χ1v) is 12.5. The number of hydrogen-bond donors (Lipinski definition) is 1. The summed E-state index contributed by atoms with van der Waals surface area (Å²) in [6.45, 7) is 2.19. The van der Waals surface area contributed by atoms with Crippen LogP contribution in [0.1, 0.15) is 19.3 Å². The molecule has 0 radical (unpaired) electrons. The van der Waals surface area contributed by atoms with Gasteiger partial charge in [0, 0.05) is 43.5 Å². The molecule has 3 heterocycles. The van der Waals surface area contributed by atoms with Gasteiger partial charge in [-0.3, -0.25) is 9.59 Å². The molecule has 0 saturated carbocycles. The number of benzene rings is 2. The van der Waals surface area contributed by atoms with Gasteiger partial charge in [-0.05, 0) is 43.2 Å². The first kappa shape index (κ1) is 21.7. The van der Waals surface area contributed by atoms with E-state index >= 15 is 0 Å². The topological polar surface area (TPSA) is 105 Å². The van der Waals surface area contributed by atoms with Gasteiger partial charge in [0.15, 0.2) is 11.5 Å². The number of nitrogens with zero attached hydrogens (tertiary/aromatic N) is 2. The Morgan fingerprint density at radius 1 is 1.00 bits per heavy atom. The molecule has 1 atom stereocenters.